The van der Waals surface area contributed by atoms with Gasteiger partial charge >= 0.3 is 6.03 Å². The molecule has 2 aromatic rings. The van der Waals surface area contributed by atoms with Crippen molar-refractivity contribution >= 4 is 11.7 Å². The standard InChI is InChI=1S/C23H31N3O6/c1-26(13-15-7-5-4-6-8-15)21-19(32-20(14-27)22(21)28)12-24-23(29)25-16-9-17(30-2)11-18(10-16)31-3/h4-11,19-22,27-28H,12-14H2,1-3H3,(H2,24,25,29). The number of hydrogen-bond acceptors (Lipinski definition) is 7. The molecule has 0 spiro atoms. The predicted molar refractivity (Wildman–Crippen MR) is 120 cm³/mol. The van der Waals surface area contributed by atoms with Crippen molar-refractivity contribution in [2.75, 3.05) is 39.7 Å². The number of nitrogens with zero attached hydrogens (tertiary/aromatic N) is 1. The number of aliphatic hydroxyl groups excluding tert-OH is 2. The number of ether oxygens (including phenoxy) is 3. The molecule has 2 amide bonds. The van der Waals surface area contributed by atoms with Crippen molar-refractivity contribution in [3.05, 3.63) is 54.1 Å². The van der Waals surface area contributed by atoms with Crippen LogP contribution in [0.2, 0.25) is 0 Å². The molecule has 0 aromatic heterocycles. The first-order valence-corrected chi connectivity index (χ1v) is 10.4. The molecule has 0 bridgehead atoms. The van der Waals surface area contributed by atoms with Gasteiger partial charge in [-0.1, -0.05) is 30.3 Å². The number of hydrogen-bond donors (Lipinski definition) is 4. The molecule has 0 aliphatic carbocycles. The topological polar surface area (TPSA) is 113 Å². The Hall–Kier alpha value is -2.85. The smallest absolute Gasteiger partial charge is 0.319 e. The van der Waals surface area contributed by atoms with Gasteiger partial charge in [0, 0.05) is 37.0 Å². The monoisotopic (exact) mass is 445 g/mol. The third-order valence-electron chi connectivity index (χ3n) is 5.50. The SMILES string of the molecule is COc1cc(NC(=O)NCC2OC(CO)C(O)C2N(C)Cc2ccccc2)cc(OC)c1. The third-order valence-corrected chi connectivity index (χ3v) is 5.50. The molecule has 0 saturated carbocycles. The highest BCUT2D eigenvalue weighted by molar-refractivity contribution is 5.89. The maximum absolute atomic E-state index is 12.5. The maximum Gasteiger partial charge on any atom is 0.319 e. The van der Waals surface area contributed by atoms with Crippen molar-refractivity contribution < 1.29 is 29.2 Å². The number of methoxy groups -OCH3 is 2. The second-order valence-corrected chi connectivity index (χ2v) is 7.71. The summed E-state index contributed by atoms with van der Waals surface area (Å²) in [5.74, 6) is 1.10. The Balaban J connectivity index is 1.63. The summed E-state index contributed by atoms with van der Waals surface area (Å²) in [4.78, 5) is 14.5. The van der Waals surface area contributed by atoms with Crippen molar-refractivity contribution in [2.24, 2.45) is 0 Å². The minimum atomic E-state index is -0.883. The molecule has 1 fully saturated rings. The first kappa shape index (κ1) is 23.8. The van der Waals surface area contributed by atoms with Gasteiger partial charge in [0.1, 0.15) is 23.7 Å². The summed E-state index contributed by atoms with van der Waals surface area (Å²) in [5, 5.41) is 25.8. The van der Waals surface area contributed by atoms with E-state index in [4.69, 9.17) is 14.2 Å². The lowest BCUT2D eigenvalue weighted by molar-refractivity contribution is -0.0205. The molecule has 174 valence electrons. The lowest BCUT2D eigenvalue weighted by Crippen LogP contribution is -2.49. The average Bonchev–Trinajstić information content (AvgIpc) is 3.13. The first-order chi connectivity index (χ1) is 15.4. The van der Waals surface area contributed by atoms with Crippen LogP contribution in [0.25, 0.3) is 0 Å². The fourth-order valence-corrected chi connectivity index (χ4v) is 3.91. The Morgan fingerprint density at radius 3 is 2.34 bits per heavy atom. The Bertz CT molecular complexity index is 859. The number of amides is 2. The van der Waals surface area contributed by atoms with Crippen LogP contribution in [0.3, 0.4) is 0 Å². The van der Waals surface area contributed by atoms with E-state index < -0.39 is 30.4 Å². The molecular weight excluding hydrogens is 414 g/mol. The average molecular weight is 446 g/mol. The number of anilines is 1. The van der Waals surface area contributed by atoms with Crippen LogP contribution in [0.4, 0.5) is 10.5 Å². The van der Waals surface area contributed by atoms with E-state index in [1.165, 1.54) is 14.2 Å². The quantitative estimate of drug-likeness (QED) is 0.462. The number of likely N-dealkylation sites (N-methyl/N-ethyl adjacent to an activating group) is 1. The largest absolute Gasteiger partial charge is 0.497 e. The fourth-order valence-electron chi connectivity index (χ4n) is 3.91. The zero-order valence-electron chi connectivity index (χ0n) is 18.5. The van der Waals surface area contributed by atoms with Crippen LogP contribution >= 0.6 is 0 Å². The Kier molecular flexibility index (Phi) is 8.29. The van der Waals surface area contributed by atoms with Gasteiger partial charge in [0.2, 0.25) is 0 Å². The van der Waals surface area contributed by atoms with E-state index in [2.05, 4.69) is 10.6 Å². The normalized spacial score (nSPS) is 22.6. The summed E-state index contributed by atoms with van der Waals surface area (Å²) in [6, 6.07) is 14.1. The third kappa shape index (κ3) is 5.89. The van der Waals surface area contributed by atoms with Gasteiger partial charge in [-0.3, -0.25) is 4.90 Å². The Morgan fingerprint density at radius 1 is 1.09 bits per heavy atom. The second-order valence-electron chi connectivity index (χ2n) is 7.71. The summed E-state index contributed by atoms with van der Waals surface area (Å²) < 4.78 is 16.3. The van der Waals surface area contributed by atoms with Gasteiger partial charge in [-0.15, -0.1) is 0 Å². The number of nitrogens with one attached hydrogen (secondary N) is 2. The molecule has 4 unspecified atom stereocenters. The van der Waals surface area contributed by atoms with Gasteiger partial charge in [-0.25, -0.2) is 4.79 Å². The van der Waals surface area contributed by atoms with E-state index >= 15 is 0 Å². The van der Waals surface area contributed by atoms with Gasteiger partial charge in [0.25, 0.3) is 0 Å². The minimum Gasteiger partial charge on any atom is -0.497 e. The van der Waals surface area contributed by atoms with Crippen molar-refractivity contribution in [1.29, 1.82) is 0 Å². The van der Waals surface area contributed by atoms with E-state index in [1.54, 1.807) is 18.2 Å². The van der Waals surface area contributed by atoms with Crippen molar-refractivity contribution in [2.45, 2.75) is 30.9 Å². The molecule has 9 heteroatoms. The molecule has 1 aliphatic rings. The molecule has 4 atom stereocenters. The Morgan fingerprint density at radius 2 is 1.75 bits per heavy atom. The number of rotatable bonds is 9. The van der Waals surface area contributed by atoms with Gasteiger partial charge in [0.15, 0.2) is 0 Å². The van der Waals surface area contributed by atoms with Crippen molar-refractivity contribution in [1.82, 2.24) is 10.2 Å². The molecule has 9 nitrogen and oxygen atoms in total. The molecule has 1 aliphatic heterocycles. The molecule has 1 heterocycles. The van der Waals surface area contributed by atoms with Gasteiger partial charge in [-0.05, 0) is 12.6 Å². The predicted octanol–water partition coefficient (Wildman–Crippen LogP) is 1.45. The van der Waals surface area contributed by atoms with Crippen molar-refractivity contribution in [3.63, 3.8) is 0 Å². The van der Waals surface area contributed by atoms with Crippen LogP contribution < -0.4 is 20.1 Å². The number of carbonyl (C=O) groups excluding carboxylic acids is 1. The molecule has 2 aromatic carbocycles. The summed E-state index contributed by atoms with van der Waals surface area (Å²) in [6.45, 7) is 0.448. The zero-order valence-corrected chi connectivity index (χ0v) is 18.5. The maximum atomic E-state index is 12.5. The molecule has 0 radical (unpaired) electrons. The highest BCUT2D eigenvalue weighted by Gasteiger charge is 2.45. The fraction of sp³-hybridized carbons (Fsp3) is 0.435. The van der Waals surface area contributed by atoms with E-state index in [1.807, 2.05) is 42.3 Å². The highest BCUT2D eigenvalue weighted by atomic mass is 16.5. The lowest BCUT2D eigenvalue weighted by Gasteiger charge is -2.30. The van der Waals surface area contributed by atoms with E-state index in [9.17, 15) is 15.0 Å². The van der Waals surface area contributed by atoms with Crippen LogP contribution in [-0.4, -0.2) is 79.9 Å². The van der Waals surface area contributed by atoms with Crippen LogP contribution in [0, 0.1) is 0 Å². The lowest BCUT2D eigenvalue weighted by atomic mass is 10.0. The minimum absolute atomic E-state index is 0.157. The van der Waals surface area contributed by atoms with Crippen LogP contribution in [0.5, 0.6) is 11.5 Å². The summed E-state index contributed by atoms with van der Waals surface area (Å²) in [6.07, 6.45) is -2.09. The Labute approximate surface area is 187 Å². The van der Waals surface area contributed by atoms with Crippen LogP contribution in [-0.2, 0) is 11.3 Å². The molecular formula is C23H31N3O6. The molecule has 4 N–H and O–H groups in total. The number of aliphatic hydroxyl groups is 2. The summed E-state index contributed by atoms with van der Waals surface area (Å²) >= 11 is 0. The summed E-state index contributed by atoms with van der Waals surface area (Å²) in [5.41, 5.74) is 1.60. The zero-order chi connectivity index (χ0) is 23.1. The van der Waals surface area contributed by atoms with Gasteiger partial charge in [-0.2, -0.15) is 0 Å². The number of benzene rings is 2. The second kappa shape index (κ2) is 11.1. The van der Waals surface area contributed by atoms with Crippen molar-refractivity contribution in [3.8, 4) is 11.5 Å². The van der Waals surface area contributed by atoms with Crippen LogP contribution in [0.1, 0.15) is 5.56 Å². The van der Waals surface area contributed by atoms with E-state index in [-0.39, 0.29) is 13.2 Å². The van der Waals surface area contributed by atoms with Gasteiger partial charge in [0.05, 0.1) is 33.0 Å². The molecule has 3 rings (SSSR count). The number of urea groups is 1. The van der Waals surface area contributed by atoms with E-state index in [0.717, 1.165) is 5.56 Å². The highest BCUT2D eigenvalue weighted by Crippen LogP contribution is 2.27. The number of carbonyl (C=O) groups is 1. The summed E-state index contributed by atoms with van der Waals surface area (Å²) in [7, 11) is 4.95. The van der Waals surface area contributed by atoms with Gasteiger partial charge < -0.3 is 35.1 Å². The van der Waals surface area contributed by atoms with E-state index in [0.29, 0.717) is 23.7 Å². The molecule has 1 saturated heterocycles. The van der Waals surface area contributed by atoms with Crippen LogP contribution in [0.15, 0.2) is 48.5 Å². The molecule has 32 heavy (non-hydrogen) atoms. The first-order valence-electron chi connectivity index (χ1n) is 10.4.